The third-order valence-corrected chi connectivity index (χ3v) is 2.43. The number of fused-ring (bicyclic) bond motifs is 1. The van der Waals surface area contributed by atoms with Crippen LogP contribution in [0, 0.1) is 0 Å². The number of carbonyl (C=O) groups excluding carboxylic acids is 1. The third kappa shape index (κ3) is 3.10. The zero-order chi connectivity index (χ0) is 12.1. The highest BCUT2D eigenvalue weighted by molar-refractivity contribution is 5.71. The minimum absolute atomic E-state index is 0.199. The summed E-state index contributed by atoms with van der Waals surface area (Å²) in [5, 5.41) is 2.99. The predicted octanol–water partition coefficient (Wildman–Crippen LogP) is 0.720. The number of ether oxygens (including phenoxy) is 3. The predicted molar refractivity (Wildman–Crippen MR) is 61.2 cm³/mol. The molecule has 1 N–H and O–H groups in total. The van der Waals surface area contributed by atoms with Gasteiger partial charge in [-0.25, -0.2) is 0 Å². The molecule has 0 radical (unpaired) electrons. The zero-order valence-electron chi connectivity index (χ0n) is 9.69. The van der Waals surface area contributed by atoms with E-state index >= 15 is 0 Å². The summed E-state index contributed by atoms with van der Waals surface area (Å²) in [6, 6.07) is 5.74. The molecule has 92 valence electrons. The van der Waals surface area contributed by atoms with Gasteiger partial charge in [0.25, 0.3) is 0 Å². The minimum Gasteiger partial charge on any atom is -0.486 e. The lowest BCUT2D eigenvalue weighted by atomic mass is 10.2. The summed E-state index contributed by atoms with van der Waals surface area (Å²) in [7, 11) is 1.37. The molecule has 5 nitrogen and oxygen atoms in total. The molecule has 1 heterocycles. The van der Waals surface area contributed by atoms with Crippen LogP contribution in [0.4, 0.5) is 0 Å². The van der Waals surface area contributed by atoms with Gasteiger partial charge in [0, 0.05) is 6.54 Å². The van der Waals surface area contributed by atoms with Crippen LogP contribution in [0.5, 0.6) is 11.5 Å². The number of esters is 1. The van der Waals surface area contributed by atoms with Crippen LogP contribution in [0.3, 0.4) is 0 Å². The average Bonchev–Trinajstić information content (AvgIpc) is 2.38. The number of carbonyl (C=O) groups is 1. The van der Waals surface area contributed by atoms with Crippen molar-refractivity contribution in [2.45, 2.75) is 6.54 Å². The van der Waals surface area contributed by atoms with E-state index < -0.39 is 0 Å². The van der Waals surface area contributed by atoms with Gasteiger partial charge in [-0.3, -0.25) is 4.79 Å². The van der Waals surface area contributed by atoms with Crippen LogP contribution >= 0.6 is 0 Å². The number of nitrogens with one attached hydrogen (secondary N) is 1. The van der Waals surface area contributed by atoms with Gasteiger partial charge in [0.05, 0.1) is 13.7 Å². The molecule has 0 amide bonds. The van der Waals surface area contributed by atoms with Crippen molar-refractivity contribution in [3.8, 4) is 11.5 Å². The molecule has 2 rings (SSSR count). The van der Waals surface area contributed by atoms with Crippen molar-refractivity contribution in [2.75, 3.05) is 26.9 Å². The van der Waals surface area contributed by atoms with E-state index in [9.17, 15) is 4.79 Å². The van der Waals surface area contributed by atoms with Gasteiger partial charge in [0.15, 0.2) is 11.5 Å². The zero-order valence-corrected chi connectivity index (χ0v) is 9.69. The van der Waals surface area contributed by atoms with Gasteiger partial charge in [-0.2, -0.15) is 0 Å². The number of methoxy groups -OCH3 is 1. The van der Waals surface area contributed by atoms with Crippen molar-refractivity contribution in [1.29, 1.82) is 0 Å². The molecule has 0 unspecified atom stereocenters. The van der Waals surface area contributed by atoms with Gasteiger partial charge >= 0.3 is 5.97 Å². The Bertz CT molecular complexity index is 405. The maximum atomic E-state index is 10.9. The van der Waals surface area contributed by atoms with Crippen LogP contribution in [-0.2, 0) is 16.1 Å². The average molecular weight is 237 g/mol. The fourth-order valence-electron chi connectivity index (χ4n) is 1.58. The van der Waals surface area contributed by atoms with E-state index in [0.717, 1.165) is 17.1 Å². The summed E-state index contributed by atoms with van der Waals surface area (Å²) in [6.07, 6.45) is 0. The standard InChI is InChI=1S/C12H15NO4/c1-15-12(14)8-13-7-9-2-3-10-11(6-9)17-5-4-16-10/h2-3,6,13H,4-5,7-8H2,1H3. The van der Waals surface area contributed by atoms with Crippen LogP contribution in [-0.4, -0.2) is 32.8 Å². The van der Waals surface area contributed by atoms with Crippen molar-refractivity contribution in [3.63, 3.8) is 0 Å². The molecular weight excluding hydrogens is 222 g/mol. The molecule has 0 saturated heterocycles. The lowest BCUT2D eigenvalue weighted by molar-refractivity contribution is -0.139. The van der Waals surface area contributed by atoms with Gasteiger partial charge < -0.3 is 19.5 Å². The normalized spacial score (nSPS) is 13.2. The molecule has 0 atom stereocenters. The lowest BCUT2D eigenvalue weighted by Crippen LogP contribution is -2.23. The molecule has 0 aromatic heterocycles. The molecular formula is C12H15NO4. The SMILES string of the molecule is COC(=O)CNCc1ccc2c(c1)OCCO2. The topological polar surface area (TPSA) is 56.8 Å². The fraction of sp³-hybridized carbons (Fsp3) is 0.417. The van der Waals surface area contributed by atoms with Crippen molar-refractivity contribution in [3.05, 3.63) is 23.8 Å². The molecule has 5 heteroatoms. The Labute approximate surface area is 99.7 Å². The first-order chi connectivity index (χ1) is 8.29. The maximum Gasteiger partial charge on any atom is 0.319 e. The summed E-state index contributed by atoms with van der Waals surface area (Å²) >= 11 is 0. The second-order valence-electron chi connectivity index (χ2n) is 3.66. The van der Waals surface area contributed by atoms with Gasteiger partial charge in [-0.15, -0.1) is 0 Å². The van der Waals surface area contributed by atoms with E-state index in [0.29, 0.717) is 19.8 Å². The first kappa shape index (κ1) is 11.7. The Balaban J connectivity index is 1.91. The molecule has 1 aliphatic heterocycles. The van der Waals surface area contributed by atoms with Crippen LogP contribution in [0.15, 0.2) is 18.2 Å². The first-order valence-electron chi connectivity index (χ1n) is 5.45. The second kappa shape index (κ2) is 5.54. The maximum absolute atomic E-state index is 10.9. The monoisotopic (exact) mass is 237 g/mol. The Hall–Kier alpha value is -1.75. The van der Waals surface area contributed by atoms with Gasteiger partial charge in [-0.05, 0) is 17.7 Å². The first-order valence-corrected chi connectivity index (χ1v) is 5.45. The summed E-state index contributed by atoms with van der Waals surface area (Å²) in [5.41, 5.74) is 1.04. The molecule has 0 bridgehead atoms. The molecule has 0 fully saturated rings. The highest BCUT2D eigenvalue weighted by Gasteiger charge is 2.11. The Kier molecular flexibility index (Phi) is 3.82. The number of rotatable bonds is 4. The number of benzene rings is 1. The smallest absolute Gasteiger partial charge is 0.319 e. The van der Waals surface area contributed by atoms with E-state index in [1.165, 1.54) is 7.11 Å². The summed E-state index contributed by atoms with van der Waals surface area (Å²) < 4.78 is 15.4. The van der Waals surface area contributed by atoms with Gasteiger partial charge in [0.2, 0.25) is 0 Å². The number of hydrogen-bond donors (Lipinski definition) is 1. The van der Waals surface area contributed by atoms with Crippen molar-refractivity contribution >= 4 is 5.97 Å². The highest BCUT2D eigenvalue weighted by Crippen LogP contribution is 2.30. The van der Waals surface area contributed by atoms with E-state index in [2.05, 4.69) is 10.1 Å². The summed E-state index contributed by atoms with van der Waals surface area (Å²) in [5.74, 6) is 1.25. The summed E-state index contributed by atoms with van der Waals surface area (Å²) in [6.45, 7) is 1.95. The summed E-state index contributed by atoms with van der Waals surface area (Å²) in [4.78, 5) is 10.9. The van der Waals surface area contributed by atoms with Crippen molar-refractivity contribution < 1.29 is 19.0 Å². The minimum atomic E-state index is -0.275. The molecule has 1 aromatic rings. The van der Waals surface area contributed by atoms with E-state index in [1.54, 1.807) is 0 Å². The van der Waals surface area contributed by atoms with Crippen molar-refractivity contribution in [2.24, 2.45) is 0 Å². The van der Waals surface area contributed by atoms with Gasteiger partial charge in [0.1, 0.15) is 13.2 Å². The molecule has 0 aliphatic carbocycles. The largest absolute Gasteiger partial charge is 0.486 e. The van der Waals surface area contributed by atoms with Crippen LogP contribution in [0.2, 0.25) is 0 Å². The highest BCUT2D eigenvalue weighted by atomic mass is 16.6. The third-order valence-electron chi connectivity index (χ3n) is 2.43. The second-order valence-corrected chi connectivity index (χ2v) is 3.66. The fourth-order valence-corrected chi connectivity index (χ4v) is 1.58. The van der Waals surface area contributed by atoms with E-state index in [1.807, 2.05) is 18.2 Å². The van der Waals surface area contributed by atoms with Gasteiger partial charge in [-0.1, -0.05) is 6.07 Å². The lowest BCUT2D eigenvalue weighted by Gasteiger charge is -2.18. The molecule has 0 spiro atoms. The molecule has 0 saturated carbocycles. The van der Waals surface area contributed by atoms with Crippen LogP contribution in [0.1, 0.15) is 5.56 Å². The molecule has 1 aliphatic rings. The van der Waals surface area contributed by atoms with E-state index in [4.69, 9.17) is 9.47 Å². The Morgan fingerprint density at radius 3 is 2.88 bits per heavy atom. The Morgan fingerprint density at radius 2 is 2.12 bits per heavy atom. The van der Waals surface area contributed by atoms with Crippen LogP contribution in [0.25, 0.3) is 0 Å². The quantitative estimate of drug-likeness (QED) is 0.782. The molecule has 17 heavy (non-hydrogen) atoms. The number of hydrogen-bond acceptors (Lipinski definition) is 5. The van der Waals surface area contributed by atoms with E-state index in [-0.39, 0.29) is 12.5 Å². The van der Waals surface area contributed by atoms with Crippen LogP contribution < -0.4 is 14.8 Å². The molecule has 1 aromatic carbocycles. The van der Waals surface area contributed by atoms with Crippen molar-refractivity contribution in [1.82, 2.24) is 5.32 Å². The Morgan fingerprint density at radius 1 is 1.35 bits per heavy atom.